The van der Waals surface area contributed by atoms with Crippen molar-refractivity contribution in [2.45, 2.75) is 26.7 Å². The summed E-state index contributed by atoms with van der Waals surface area (Å²) in [6.45, 7) is 3.83. The van der Waals surface area contributed by atoms with Gasteiger partial charge in [0.15, 0.2) is 5.76 Å². The molecule has 2 aromatic rings. The fourth-order valence-electron chi connectivity index (χ4n) is 1.87. The summed E-state index contributed by atoms with van der Waals surface area (Å²) in [4.78, 5) is 15.1. The molecule has 0 unspecified atom stereocenters. The molecule has 0 aliphatic carbocycles. The number of carbonyl (C=O) groups is 1. The Morgan fingerprint density at radius 2 is 2.17 bits per heavy atom. The van der Waals surface area contributed by atoms with Crippen molar-refractivity contribution in [1.29, 1.82) is 0 Å². The number of rotatable bonds is 4. The van der Waals surface area contributed by atoms with Crippen molar-refractivity contribution in [2.75, 3.05) is 0 Å². The molecule has 18 heavy (non-hydrogen) atoms. The molecule has 0 saturated carbocycles. The van der Waals surface area contributed by atoms with Crippen LogP contribution in [0.3, 0.4) is 0 Å². The highest BCUT2D eigenvalue weighted by Gasteiger charge is 2.15. The maximum Gasteiger partial charge on any atom is 0.303 e. The van der Waals surface area contributed by atoms with Crippen LogP contribution in [0.1, 0.15) is 23.7 Å². The number of aryl methyl sites for hydroxylation is 2. The minimum atomic E-state index is -0.814. The summed E-state index contributed by atoms with van der Waals surface area (Å²) in [5.41, 5.74) is 1.76. The van der Waals surface area contributed by atoms with Crippen molar-refractivity contribution in [3.63, 3.8) is 0 Å². The van der Waals surface area contributed by atoms with Crippen LogP contribution in [0.2, 0.25) is 0 Å². The molecule has 0 aliphatic rings. The van der Waals surface area contributed by atoms with Crippen LogP contribution in [-0.2, 0) is 18.3 Å². The van der Waals surface area contributed by atoms with Crippen LogP contribution < -0.4 is 0 Å². The Kier molecular flexibility index (Phi) is 3.23. The second-order valence-electron chi connectivity index (χ2n) is 4.33. The third-order valence-electron chi connectivity index (χ3n) is 3.01. The largest absolute Gasteiger partial charge is 0.481 e. The van der Waals surface area contributed by atoms with Gasteiger partial charge in [-0.25, -0.2) is 4.98 Å². The Bertz CT molecular complexity index is 581. The maximum atomic E-state index is 10.6. The van der Waals surface area contributed by atoms with E-state index in [4.69, 9.17) is 9.52 Å². The number of furan rings is 1. The number of carboxylic acids is 1. The van der Waals surface area contributed by atoms with E-state index in [9.17, 15) is 4.79 Å². The molecular formula is C13H16N2O3. The molecule has 1 N–H and O–H groups in total. The highest BCUT2D eigenvalue weighted by Crippen LogP contribution is 2.25. The first-order valence-electron chi connectivity index (χ1n) is 5.80. The molecule has 2 rings (SSSR count). The van der Waals surface area contributed by atoms with E-state index in [0.29, 0.717) is 6.42 Å². The zero-order valence-electron chi connectivity index (χ0n) is 10.7. The number of hydrogen-bond donors (Lipinski definition) is 1. The third kappa shape index (κ3) is 2.30. The van der Waals surface area contributed by atoms with Crippen LogP contribution in [0.4, 0.5) is 0 Å². The Morgan fingerprint density at radius 1 is 1.44 bits per heavy atom. The van der Waals surface area contributed by atoms with E-state index >= 15 is 0 Å². The minimum absolute atomic E-state index is 0.0842. The van der Waals surface area contributed by atoms with Crippen LogP contribution in [0.5, 0.6) is 0 Å². The highest BCUT2D eigenvalue weighted by atomic mass is 16.4. The van der Waals surface area contributed by atoms with Crippen LogP contribution in [-0.4, -0.2) is 20.6 Å². The number of hydrogen-bond acceptors (Lipinski definition) is 3. The number of nitrogens with zero attached hydrogens (tertiary/aromatic N) is 2. The van der Waals surface area contributed by atoms with Gasteiger partial charge in [0.1, 0.15) is 17.3 Å². The lowest BCUT2D eigenvalue weighted by Gasteiger charge is -2.00. The molecule has 96 valence electrons. The van der Waals surface area contributed by atoms with Crippen molar-refractivity contribution in [3.8, 4) is 11.5 Å². The van der Waals surface area contributed by atoms with Gasteiger partial charge >= 0.3 is 5.97 Å². The Hall–Kier alpha value is -2.04. The second-order valence-corrected chi connectivity index (χ2v) is 4.33. The summed E-state index contributed by atoms with van der Waals surface area (Å²) in [6.07, 6.45) is 0.507. The van der Waals surface area contributed by atoms with Crippen LogP contribution in [0.25, 0.3) is 11.5 Å². The van der Waals surface area contributed by atoms with Gasteiger partial charge in [0.05, 0.1) is 6.42 Å². The smallest absolute Gasteiger partial charge is 0.303 e. The monoisotopic (exact) mass is 248 g/mol. The van der Waals surface area contributed by atoms with E-state index in [2.05, 4.69) is 4.98 Å². The standard InChI is InChI=1S/C13H16N2O3/c1-8-4-5-10(18-8)13-9(2)15(3)11(14-13)6-7-12(16)17/h4-5H,6-7H2,1-3H3,(H,16,17). The molecule has 0 fully saturated rings. The van der Waals surface area contributed by atoms with E-state index in [0.717, 1.165) is 28.7 Å². The van der Waals surface area contributed by atoms with Crippen LogP contribution in [0.15, 0.2) is 16.5 Å². The van der Waals surface area contributed by atoms with Crippen molar-refractivity contribution < 1.29 is 14.3 Å². The van der Waals surface area contributed by atoms with Gasteiger partial charge in [0, 0.05) is 19.2 Å². The lowest BCUT2D eigenvalue weighted by atomic mass is 10.3. The normalized spacial score (nSPS) is 10.8. The van der Waals surface area contributed by atoms with E-state index in [1.807, 2.05) is 37.6 Å². The van der Waals surface area contributed by atoms with Crippen molar-refractivity contribution in [2.24, 2.45) is 7.05 Å². The van der Waals surface area contributed by atoms with Crippen molar-refractivity contribution >= 4 is 5.97 Å². The van der Waals surface area contributed by atoms with Crippen molar-refractivity contribution in [3.05, 3.63) is 29.4 Å². The summed E-state index contributed by atoms with van der Waals surface area (Å²) >= 11 is 0. The molecule has 0 atom stereocenters. The average Bonchev–Trinajstić information content (AvgIpc) is 2.84. The molecule has 5 heteroatoms. The van der Waals surface area contributed by atoms with Crippen LogP contribution >= 0.6 is 0 Å². The molecular weight excluding hydrogens is 232 g/mol. The Morgan fingerprint density at radius 3 is 2.72 bits per heavy atom. The van der Waals surface area contributed by atoms with E-state index in [-0.39, 0.29) is 6.42 Å². The van der Waals surface area contributed by atoms with Gasteiger partial charge in [-0.3, -0.25) is 4.79 Å². The van der Waals surface area contributed by atoms with E-state index in [1.54, 1.807) is 0 Å². The van der Waals surface area contributed by atoms with Gasteiger partial charge in [0.2, 0.25) is 0 Å². The second kappa shape index (κ2) is 4.68. The SMILES string of the molecule is Cc1ccc(-c2nc(CCC(=O)O)n(C)c2C)o1. The molecule has 0 spiro atoms. The molecule has 0 amide bonds. The zero-order valence-corrected chi connectivity index (χ0v) is 10.7. The predicted molar refractivity (Wildman–Crippen MR) is 66.3 cm³/mol. The van der Waals surface area contributed by atoms with Gasteiger partial charge in [-0.2, -0.15) is 0 Å². The number of aromatic nitrogens is 2. The molecule has 0 bridgehead atoms. The Labute approximate surface area is 105 Å². The fourth-order valence-corrected chi connectivity index (χ4v) is 1.87. The highest BCUT2D eigenvalue weighted by molar-refractivity contribution is 5.67. The summed E-state index contributed by atoms with van der Waals surface area (Å²) < 4.78 is 7.46. The summed E-state index contributed by atoms with van der Waals surface area (Å²) in [6, 6.07) is 3.77. The molecule has 0 aromatic carbocycles. The first-order chi connectivity index (χ1) is 8.49. The third-order valence-corrected chi connectivity index (χ3v) is 3.01. The maximum absolute atomic E-state index is 10.6. The number of carboxylic acid groups (broad SMARTS) is 1. The zero-order chi connectivity index (χ0) is 13.3. The van der Waals surface area contributed by atoms with Gasteiger partial charge in [-0.1, -0.05) is 0 Å². The lowest BCUT2D eigenvalue weighted by molar-refractivity contribution is -0.137. The van der Waals surface area contributed by atoms with Gasteiger partial charge < -0.3 is 14.1 Å². The Balaban J connectivity index is 2.33. The van der Waals surface area contributed by atoms with Gasteiger partial charge in [-0.15, -0.1) is 0 Å². The number of imidazole rings is 1. The lowest BCUT2D eigenvalue weighted by Crippen LogP contribution is -2.03. The van der Waals surface area contributed by atoms with E-state index in [1.165, 1.54) is 0 Å². The average molecular weight is 248 g/mol. The molecule has 2 heterocycles. The number of aliphatic carboxylic acids is 1. The first kappa shape index (κ1) is 12.4. The molecule has 0 aliphatic heterocycles. The minimum Gasteiger partial charge on any atom is -0.481 e. The predicted octanol–water partition coefficient (Wildman–Crippen LogP) is 2.31. The van der Waals surface area contributed by atoms with E-state index < -0.39 is 5.97 Å². The van der Waals surface area contributed by atoms with Gasteiger partial charge in [0.25, 0.3) is 0 Å². The van der Waals surface area contributed by atoms with Gasteiger partial charge in [-0.05, 0) is 26.0 Å². The molecule has 0 saturated heterocycles. The molecule has 5 nitrogen and oxygen atoms in total. The fraction of sp³-hybridized carbons (Fsp3) is 0.385. The molecule has 2 aromatic heterocycles. The topological polar surface area (TPSA) is 68.3 Å². The first-order valence-corrected chi connectivity index (χ1v) is 5.80. The summed E-state index contributed by atoms with van der Waals surface area (Å²) in [5.74, 6) is 1.51. The quantitative estimate of drug-likeness (QED) is 0.901. The van der Waals surface area contributed by atoms with Crippen LogP contribution in [0, 0.1) is 13.8 Å². The molecule has 0 radical (unpaired) electrons. The van der Waals surface area contributed by atoms with Crippen molar-refractivity contribution in [1.82, 2.24) is 9.55 Å². The summed E-state index contributed by atoms with van der Waals surface area (Å²) in [5, 5.41) is 8.71. The summed E-state index contributed by atoms with van der Waals surface area (Å²) in [7, 11) is 1.89.